The second kappa shape index (κ2) is 6.38. The van der Waals surface area contributed by atoms with Gasteiger partial charge in [-0.05, 0) is 24.3 Å². The molecule has 1 N–H and O–H groups in total. The Kier molecular flexibility index (Phi) is 4.34. The van der Waals surface area contributed by atoms with E-state index in [4.69, 9.17) is 5.11 Å². The predicted octanol–water partition coefficient (Wildman–Crippen LogP) is 3.05. The highest BCUT2D eigenvalue weighted by Crippen LogP contribution is 2.24. The summed E-state index contributed by atoms with van der Waals surface area (Å²) in [5.74, 6) is -0.829. The average molecular weight is 271 g/mol. The summed E-state index contributed by atoms with van der Waals surface area (Å²) in [5.41, 5.74) is 1.56. The maximum Gasteiger partial charge on any atom is 0.513 e. The van der Waals surface area contributed by atoms with Crippen LogP contribution >= 0.6 is 0 Å². The number of benzene rings is 2. The summed E-state index contributed by atoms with van der Waals surface area (Å²) in [4.78, 5) is 23.7. The first-order chi connectivity index (χ1) is 9.66. The van der Waals surface area contributed by atoms with Crippen LogP contribution in [0.25, 0.3) is 0 Å². The van der Waals surface area contributed by atoms with Crippen LogP contribution in [-0.2, 0) is 9.53 Å². The van der Waals surface area contributed by atoms with Crippen LogP contribution in [0.5, 0.6) is 0 Å². The number of para-hydroxylation sites is 2. The van der Waals surface area contributed by atoms with Crippen molar-refractivity contribution < 1.29 is 19.4 Å². The molecule has 2 aromatic carbocycles. The molecule has 0 radical (unpaired) electrons. The van der Waals surface area contributed by atoms with Crippen molar-refractivity contribution in [3.63, 3.8) is 0 Å². The molecule has 0 spiro atoms. The minimum atomic E-state index is -1.60. The Bertz CT molecular complexity index is 544. The Hall–Kier alpha value is -2.82. The third-order valence-corrected chi connectivity index (χ3v) is 2.62. The number of anilines is 2. The zero-order valence-electron chi connectivity index (χ0n) is 10.6. The summed E-state index contributed by atoms with van der Waals surface area (Å²) < 4.78 is 4.16. The van der Waals surface area contributed by atoms with Gasteiger partial charge in [-0.1, -0.05) is 36.4 Å². The fourth-order valence-corrected chi connectivity index (χ4v) is 1.81. The molecule has 102 valence electrons. The summed E-state index contributed by atoms with van der Waals surface area (Å²) in [5, 5.41) is 8.48. The lowest BCUT2D eigenvalue weighted by Crippen LogP contribution is -2.28. The lowest BCUT2D eigenvalue weighted by molar-refractivity contribution is -0.137. The number of carboxylic acid groups (broad SMARTS) is 1. The Balaban J connectivity index is 2.26. The fourth-order valence-electron chi connectivity index (χ4n) is 1.81. The van der Waals surface area contributed by atoms with Crippen molar-refractivity contribution in [2.45, 2.75) is 0 Å². The second-order valence-corrected chi connectivity index (χ2v) is 4.00. The molecule has 0 aliphatic carbocycles. The highest BCUT2D eigenvalue weighted by Gasteiger charge is 2.16. The van der Waals surface area contributed by atoms with Crippen LogP contribution in [0.2, 0.25) is 0 Å². The first kappa shape index (κ1) is 13.6. The number of ether oxygens (including phenoxy) is 1. The van der Waals surface area contributed by atoms with Gasteiger partial charge in [0.1, 0.15) is 6.54 Å². The number of rotatable bonds is 4. The van der Waals surface area contributed by atoms with Crippen molar-refractivity contribution in [3.05, 3.63) is 60.7 Å². The SMILES string of the molecule is O=C(O)OC(=O)CN(c1ccccc1)c1ccccc1. The fraction of sp³-hybridized carbons (Fsp3) is 0.0667. The molecule has 0 fully saturated rings. The first-order valence-corrected chi connectivity index (χ1v) is 5.98. The van der Waals surface area contributed by atoms with Crippen molar-refractivity contribution in [3.8, 4) is 0 Å². The summed E-state index contributed by atoms with van der Waals surface area (Å²) in [6, 6.07) is 18.4. The number of carbonyl (C=O) groups is 2. The average Bonchev–Trinajstić information content (AvgIpc) is 2.46. The standard InChI is InChI=1S/C15H13NO4/c17-14(20-15(18)19)11-16(12-7-3-1-4-8-12)13-9-5-2-6-10-13/h1-10H,11H2,(H,18,19). The van der Waals surface area contributed by atoms with Crippen molar-refractivity contribution in [1.82, 2.24) is 0 Å². The van der Waals surface area contributed by atoms with E-state index in [1.807, 2.05) is 60.7 Å². The van der Waals surface area contributed by atoms with Gasteiger partial charge in [-0.25, -0.2) is 9.59 Å². The Morgan fingerprint density at radius 3 is 1.75 bits per heavy atom. The molecule has 5 nitrogen and oxygen atoms in total. The molecule has 0 unspecified atom stereocenters. The van der Waals surface area contributed by atoms with Crippen molar-refractivity contribution in [1.29, 1.82) is 0 Å². The Morgan fingerprint density at radius 1 is 0.900 bits per heavy atom. The van der Waals surface area contributed by atoms with Crippen LogP contribution in [-0.4, -0.2) is 23.8 Å². The molecular formula is C15H13NO4. The molecule has 0 bridgehead atoms. The maximum atomic E-state index is 11.6. The molecule has 2 aromatic rings. The lowest BCUT2D eigenvalue weighted by Gasteiger charge is -2.23. The third-order valence-electron chi connectivity index (χ3n) is 2.62. The number of esters is 1. The van der Waals surface area contributed by atoms with Crippen LogP contribution in [0.15, 0.2) is 60.7 Å². The first-order valence-electron chi connectivity index (χ1n) is 5.98. The zero-order chi connectivity index (χ0) is 14.4. The predicted molar refractivity (Wildman–Crippen MR) is 74.0 cm³/mol. The van der Waals surface area contributed by atoms with Gasteiger partial charge < -0.3 is 14.7 Å². The zero-order valence-corrected chi connectivity index (χ0v) is 10.6. The number of hydrogen-bond acceptors (Lipinski definition) is 4. The van der Waals surface area contributed by atoms with Gasteiger partial charge in [0.05, 0.1) is 0 Å². The van der Waals surface area contributed by atoms with Gasteiger partial charge in [-0.2, -0.15) is 0 Å². The molecule has 0 aliphatic heterocycles. The summed E-state index contributed by atoms with van der Waals surface area (Å²) in [7, 11) is 0. The van der Waals surface area contributed by atoms with E-state index in [9.17, 15) is 9.59 Å². The van der Waals surface area contributed by atoms with Crippen molar-refractivity contribution in [2.24, 2.45) is 0 Å². The van der Waals surface area contributed by atoms with Crippen LogP contribution in [0.4, 0.5) is 16.2 Å². The van der Waals surface area contributed by atoms with Gasteiger partial charge in [0, 0.05) is 11.4 Å². The van der Waals surface area contributed by atoms with E-state index >= 15 is 0 Å². The topological polar surface area (TPSA) is 66.8 Å². The summed E-state index contributed by atoms with van der Waals surface area (Å²) in [6.45, 7) is -0.180. The molecule has 5 heteroatoms. The van der Waals surface area contributed by atoms with Gasteiger partial charge in [0.2, 0.25) is 0 Å². The van der Waals surface area contributed by atoms with E-state index in [0.717, 1.165) is 11.4 Å². The number of nitrogens with zero attached hydrogens (tertiary/aromatic N) is 1. The molecule has 0 saturated carbocycles. The molecule has 20 heavy (non-hydrogen) atoms. The quantitative estimate of drug-likeness (QED) is 0.683. The molecule has 0 atom stereocenters. The Labute approximate surface area is 116 Å². The third kappa shape index (κ3) is 3.58. The van der Waals surface area contributed by atoms with Crippen molar-refractivity contribution >= 4 is 23.5 Å². The largest absolute Gasteiger partial charge is 0.513 e. The highest BCUT2D eigenvalue weighted by molar-refractivity contribution is 5.86. The minimum Gasteiger partial charge on any atom is -0.449 e. The van der Waals surface area contributed by atoms with Gasteiger partial charge in [0.25, 0.3) is 0 Å². The van der Waals surface area contributed by atoms with E-state index in [0.29, 0.717) is 0 Å². The highest BCUT2D eigenvalue weighted by atomic mass is 16.7. The van der Waals surface area contributed by atoms with E-state index in [-0.39, 0.29) is 6.54 Å². The van der Waals surface area contributed by atoms with Crippen LogP contribution in [0.1, 0.15) is 0 Å². The molecule has 0 heterocycles. The van der Waals surface area contributed by atoms with Gasteiger partial charge >= 0.3 is 12.1 Å². The summed E-state index contributed by atoms with van der Waals surface area (Å²) in [6.07, 6.45) is -1.60. The van der Waals surface area contributed by atoms with Crippen LogP contribution in [0.3, 0.4) is 0 Å². The number of hydrogen-bond donors (Lipinski definition) is 1. The molecular weight excluding hydrogens is 258 g/mol. The second-order valence-electron chi connectivity index (χ2n) is 4.00. The van der Waals surface area contributed by atoms with E-state index in [2.05, 4.69) is 4.74 Å². The smallest absolute Gasteiger partial charge is 0.449 e. The van der Waals surface area contributed by atoms with Crippen LogP contribution in [0, 0.1) is 0 Å². The molecule has 0 saturated heterocycles. The van der Waals surface area contributed by atoms with Gasteiger partial charge in [-0.15, -0.1) is 0 Å². The summed E-state index contributed by atoms with van der Waals surface area (Å²) >= 11 is 0. The normalized spacial score (nSPS) is 9.80. The van der Waals surface area contributed by atoms with Gasteiger partial charge in [-0.3, -0.25) is 0 Å². The lowest BCUT2D eigenvalue weighted by atomic mass is 10.2. The van der Waals surface area contributed by atoms with E-state index < -0.39 is 12.1 Å². The maximum absolute atomic E-state index is 11.6. The monoisotopic (exact) mass is 271 g/mol. The van der Waals surface area contributed by atoms with Crippen LogP contribution < -0.4 is 4.90 Å². The number of carbonyl (C=O) groups excluding carboxylic acids is 1. The molecule has 0 aliphatic rings. The van der Waals surface area contributed by atoms with E-state index in [1.165, 1.54) is 0 Å². The molecule has 0 amide bonds. The Morgan fingerprint density at radius 2 is 1.35 bits per heavy atom. The van der Waals surface area contributed by atoms with Crippen molar-refractivity contribution in [2.75, 3.05) is 11.4 Å². The van der Waals surface area contributed by atoms with E-state index in [1.54, 1.807) is 4.90 Å². The van der Waals surface area contributed by atoms with Gasteiger partial charge in [0.15, 0.2) is 0 Å². The minimum absolute atomic E-state index is 0.180. The molecule has 2 rings (SSSR count). The molecule has 0 aromatic heterocycles.